The van der Waals surface area contributed by atoms with Crippen molar-refractivity contribution in [3.8, 4) is 0 Å². The summed E-state index contributed by atoms with van der Waals surface area (Å²) in [5.74, 6) is -2.35. The van der Waals surface area contributed by atoms with E-state index in [2.05, 4.69) is 10.3 Å². The van der Waals surface area contributed by atoms with Crippen LogP contribution < -0.4 is 5.32 Å². The van der Waals surface area contributed by atoms with E-state index >= 15 is 0 Å². The molecule has 0 unspecified atom stereocenters. The molecule has 1 aromatic rings. The minimum absolute atomic E-state index is 0.122. The van der Waals surface area contributed by atoms with E-state index in [9.17, 15) is 13.6 Å². The number of ether oxygens (including phenoxy) is 1. The summed E-state index contributed by atoms with van der Waals surface area (Å²) in [6.07, 6.45) is 0.995. The van der Waals surface area contributed by atoms with Gasteiger partial charge >= 0.3 is 0 Å². The molecule has 0 aliphatic heterocycles. The molecule has 0 atom stereocenters. The third-order valence-corrected chi connectivity index (χ3v) is 1.91. The zero-order valence-corrected chi connectivity index (χ0v) is 9.50. The van der Waals surface area contributed by atoms with Crippen LogP contribution in [0.4, 0.5) is 14.5 Å². The van der Waals surface area contributed by atoms with Gasteiger partial charge in [-0.3, -0.25) is 4.79 Å². The maximum Gasteiger partial charge on any atom is 0.239 e. The van der Waals surface area contributed by atoms with Crippen LogP contribution in [-0.4, -0.2) is 24.1 Å². The van der Waals surface area contributed by atoms with Crippen molar-refractivity contribution in [1.29, 1.82) is 0 Å². The summed E-state index contributed by atoms with van der Waals surface area (Å²) in [4.78, 5) is 14.3. The fraction of sp³-hybridized carbons (Fsp3) is 0.455. The first-order valence-corrected chi connectivity index (χ1v) is 5.33. The van der Waals surface area contributed by atoms with Gasteiger partial charge in [0, 0.05) is 6.61 Å². The summed E-state index contributed by atoms with van der Waals surface area (Å²) in [5, 5.41) is 2.29. The molecule has 1 rings (SSSR count). The molecular formula is C11H14F2N2O2. The first-order chi connectivity index (χ1) is 8.13. The largest absolute Gasteiger partial charge is 0.381 e. The second kappa shape index (κ2) is 6.90. The maximum absolute atomic E-state index is 13.1. The molecule has 0 saturated heterocycles. The molecule has 1 N–H and O–H groups in total. The molecule has 4 nitrogen and oxygen atoms in total. The molecule has 0 aliphatic rings. The van der Waals surface area contributed by atoms with Gasteiger partial charge in [-0.05, 0) is 18.6 Å². The van der Waals surface area contributed by atoms with Crippen molar-refractivity contribution in [3.05, 3.63) is 24.0 Å². The predicted molar refractivity (Wildman–Crippen MR) is 58.5 cm³/mol. The van der Waals surface area contributed by atoms with Crippen LogP contribution in [0, 0.1) is 11.9 Å². The molecule has 0 aliphatic carbocycles. The second-order valence-electron chi connectivity index (χ2n) is 3.38. The average molecular weight is 244 g/mol. The number of halogens is 2. The SMILES string of the molecule is CCCOCCC(=O)Nc1ccc(F)nc1F. The van der Waals surface area contributed by atoms with Gasteiger partial charge in [-0.1, -0.05) is 6.92 Å². The van der Waals surface area contributed by atoms with Crippen LogP contribution >= 0.6 is 0 Å². The molecule has 1 aromatic heterocycles. The monoisotopic (exact) mass is 244 g/mol. The van der Waals surface area contributed by atoms with Gasteiger partial charge in [-0.2, -0.15) is 13.8 Å². The average Bonchev–Trinajstić information content (AvgIpc) is 2.28. The third kappa shape index (κ3) is 4.86. The van der Waals surface area contributed by atoms with Gasteiger partial charge in [0.2, 0.25) is 17.8 Å². The van der Waals surface area contributed by atoms with E-state index in [4.69, 9.17) is 4.74 Å². The molecule has 0 bridgehead atoms. The van der Waals surface area contributed by atoms with Crippen molar-refractivity contribution in [3.63, 3.8) is 0 Å². The van der Waals surface area contributed by atoms with Gasteiger partial charge in [-0.15, -0.1) is 0 Å². The van der Waals surface area contributed by atoms with E-state index in [1.165, 1.54) is 0 Å². The van der Waals surface area contributed by atoms with Crippen LogP contribution in [0.2, 0.25) is 0 Å². The lowest BCUT2D eigenvalue weighted by Crippen LogP contribution is -2.15. The van der Waals surface area contributed by atoms with Crippen molar-refractivity contribution < 1.29 is 18.3 Å². The van der Waals surface area contributed by atoms with Gasteiger partial charge in [0.1, 0.15) is 0 Å². The first-order valence-electron chi connectivity index (χ1n) is 5.33. The molecule has 17 heavy (non-hydrogen) atoms. The molecular weight excluding hydrogens is 230 g/mol. The zero-order valence-electron chi connectivity index (χ0n) is 9.50. The van der Waals surface area contributed by atoms with E-state index in [1.54, 1.807) is 0 Å². The number of aromatic nitrogens is 1. The van der Waals surface area contributed by atoms with Crippen LogP contribution in [0.25, 0.3) is 0 Å². The van der Waals surface area contributed by atoms with Gasteiger partial charge in [0.15, 0.2) is 0 Å². The van der Waals surface area contributed by atoms with Crippen LogP contribution in [0.1, 0.15) is 19.8 Å². The van der Waals surface area contributed by atoms with E-state index in [-0.39, 0.29) is 18.7 Å². The Bertz CT molecular complexity index is 386. The number of hydrogen-bond acceptors (Lipinski definition) is 3. The fourth-order valence-corrected chi connectivity index (χ4v) is 1.13. The highest BCUT2D eigenvalue weighted by atomic mass is 19.1. The fourth-order valence-electron chi connectivity index (χ4n) is 1.13. The van der Waals surface area contributed by atoms with Crippen LogP contribution in [0.15, 0.2) is 12.1 Å². The maximum atomic E-state index is 13.1. The molecule has 0 saturated carbocycles. The molecule has 94 valence electrons. The summed E-state index contributed by atoms with van der Waals surface area (Å²) in [7, 11) is 0. The third-order valence-electron chi connectivity index (χ3n) is 1.91. The minimum Gasteiger partial charge on any atom is -0.381 e. The lowest BCUT2D eigenvalue weighted by Gasteiger charge is -2.06. The number of amides is 1. The quantitative estimate of drug-likeness (QED) is 0.616. The summed E-state index contributed by atoms with van der Waals surface area (Å²) < 4.78 is 30.7. The van der Waals surface area contributed by atoms with Crippen LogP contribution in [0.5, 0.6) is 0 Å². The molecule has 0 aromatic carbocycles. The Hall–Kier alpha value is -1.56. The van der Waals surface area contributed by atoms with Gasteiger partial charge in [0.25, 0.3) is 0 Å². The highest BCUT2D eigenvalue weighted by Crippen LogP contribution is 2.11. The smallest absolute Gasteiger partial charge is 0.239 e. The van der Waals surface area contributed by atoms with Crippen molar-refractivity contribution in [2.24, 2.45) is 0 Å². The van der Waals surface area contributed by atoms with Crippen molar-refractivity contribution in [2.45, 2.75) is 19.8 Å². The summed E-state index contributed by atoms with van der Waals surface area (Å²) >= 11 is 0. The summed E-state index contributed by atoms with van der Waals surface area (Å²) in [6.45, 7) is 2.81. The number of carbonyl (C=O) groups excluding carboxylic acids is 1. The minimum atomic E-state index is -1.03. The molecule has 1 amide bonds. The lowest BCUT2D eigenvalue weighted by molar-refractivity contribution is -0.117. The number of nitrogens with one attached hydrogen (secondary N) is 1. The van der Waals surface area contributed by atoms with E-state index < -0.39 is 17.8 Å². The number of hydrogen-bond donors (Lipinski definition) is 1. The van der Waals surface area contributed by atoms with Gasteiger partial charge in [-0.25, -0.2) is 0 Å². The summed E-state index contributed by atoms with van der Waals surface area (Å²) in [6, 6.07) is 2.11. The number of anilines is 1. The van der Waals surface area contributed by atoms with Crippen molar-refractivity contribution in [2.75, 3.05) is 18.5 Å². The Morgan fingerprint density at radius 1 is 1.41 bits per heavy atom. The highest BCUT2D eigenvalue weighted by molar-refractivity contribution is 5.90. The Balaban J connectivity index is 2.40. The molecule has 0 fully saturated rings. The second-order valence-corrected chi connectivity index (χ2v) is 3.38. The van der Waals surface area contributed by atoms with Crippen LogP contribution in [0.3, 0.4) is 0 Å². The molecule has 1 heterocycles. The Kier molecular flexibility index (Phi) is 5.48. The summed E-state index contributed by atoms with van der Waals surface area (Å²) in [5.41, 5.74) is -0.133. The molecule has 6 heteroatoms. The van der Waals surface area contributed by atoms with E-state index in [0.29, 0.717) is 6.61 Å². The lowest BCUT2D eigenvalue weighted by atomic mass is 10.3. The standard InChI is InChI=1S/C11H14F2N2O2/c1-2-6-17-7-5-10(16)14-8-3-4-9(12)15-11(8)13/h3-4H,2,5-7H2,1H3,(H,14,16). The Morgan fingerprint density at radius 2 is 2.18 bits per heavy atom. The van der Waals surface area contributed by atoms with Gasteiger partial charge in [0.05, 0.1) is 18.7 Å². The number of rotatable bonds is 6. The van der Waals surface area contributed by atoms with Crippen molar-refractivity contribution >= 4 is 11.6 Å². The Morgan fingerprint density at radius 3 is 2.82 bits per heavy atom. The normalized spacial score (nSPS) is 10.3. The highest BCUT2D eigenvalue weighted by Gasteiger charge is 2.08. The van der Waals surface area contributed by atoms with Crippen molar-refractivity contribution in [1.82, 2.24) is 4.98 Å². The zero-order chi connectivity index (χ0) is 12.7. The van der Waals surface area contributed by atoms with E-state index in [0.717, 1.165) is 18.6 Å². The first kappa shape index (κ1) is 13.5. The predicted octanol–water partition coefficient (Wildman–Crippen LogP) is 2.12. The number of nitrogens with zero attached hydrogens (tertiary/aromatic N) is 1. The molecule has 0 spiro atoms. The number of pyridine rings is 1. The van der Waals surface area contributed by atoms with Crippen LogP contribution in [-0.2, 0) is 9.53 Å². The number of carbonyl (C=O) groups is 1. The molecule has 0 radical (unpaired) electrons. The van der Waals surface area contributed by atoms with Gasteiger partial charge < -0.3 is 10.1 Å². The Labute approximate surface area is 98.0 Å². The van der Waals surface area contributed by atoms with E-state index in [1.807, 2.05) is 6.92 Å². The topological polar surface area (TPSA) is 51.2 Å².